The van der Waals surface area contributed by atoms with Crippen LogP contribution in [-0.2, 0) is 33.2 Å². The van der Waals surface area contributed by atoms with Crippen molar-refractivity contribution < 1.29 is 89.4 Å². The molecule has 17 atom stereocenters. The Bertz CT molecular complexity index is 1700. The minimum atomic E-state index is -1.98. The van der Waals surface area contributed by atoms with E-state index >= 15 is 0 Å². The average molecular weight is 1140 g/mol. The number of amides is 1. The Morgan fingerprint density at radius 1 is 0.463 bits per heavy atom. The molecule has 12 N–H and O–H groups in total. The summed E-state index contributed by atoms with van der Waals surface area (Å²) >= 11 is 0. The molecule has 3 saturated heterocycles. The Balaban J connectivity index is 1.51. The quantitative estimate of drug-likeness (QED) is 0.0259. The molecular weight excluding hydrogens is 1030 g/mol. The second-order valence-corrected chi connectivity index (χ2v) is 21.8. The summed E-state index contributed by atoms with van der Waals surface area (Å²) < 4.78 is 34.3. The fraction of sp³-hybridized carbons (Fsp3) is 0.820. The number of aliphatic hydroxyl groups is 11. The van der Waals surface area contributed by atoms with Gasteiger partial charge in [-0.3, -0.25) is 4.79 Å². The molecule has 19 heteroatoms. The number of unbranched alkanes of at least 4 members (excludes halogenated alkanes) is 18. The molecule has 0 aliphatic carbocycles. The van der Waals surface area contributed by atoms with Crippen LogP contribution >= 0.6 is 0 Å². The van der Waals surface area contributed by atoms with Crippen LogP contribution in [0.15, 0.2) is 60.8 Å². The molecule has 0 saturated carbocycles. The van der Waals surface area contributed by atoms with E-state index in [1.54, 1.807) is 0 Å². The van der Waals surface area contributed by atoms with E-state index in [2.05, 4.69) is 73.8 Å². The maximum atomic E-state index is 13.3. The van der Waals surface area contributed by atoms with Crippen molar-refractivity contribution in [2.75, 3.05) is 26.4 Å². The van der Waals surface area contributed by atoms with E-state index < -0.39 is 124 Å². The van der Waals surface area contributed by atoms with Gasteiger partial charge in [-0.15, -0.1) is 0 Å². The Labute approximate surface area is 477 Å². The molecule has 3 aliphatic heterocycles. The summed E-state index contributed by atoms with van der Waals surface area (Å²) in [7, 11) is 0. The smallest absolute Gasteiger partial charge is 0.220 e. The lowest BCUT2D eigenvalue weighted by Gasteiger charge is -2.48. The zero-order valence-electron chi connectivity index (χ0n) is 48.3. The number of aliphatic hydroxyl groups excluding tert-OH is 11. The molecule has 3 heterocycles. The zero-order valence-corrected chi connectivity index (χ0v) is 48.3. The third-order valence-electron chi connectivity index (χ3n) is 15.1. The lowest BCUT2D eigenvalue weighted by Crippen LogP contribution is -2.66. The van der Waals surface area contributed by atoms with Gasteiger partial charge in [0.25, 0.3) is 0 Å². The lowest BCUT2D eigenvalue weighted by molar-refractivity contribution is -0.379. The summed E-state index contributed by atoms with van der Waals surface area (Å²) in [4.78, 5) is 13.3. The van der Waals surface area contributed by atoms with Gasteiger partial charge in [0.2, 0.25) is 5.91 Å². The fourth-order valence-electron chi connectivity index (χ4n) is 10.1. The Hall–Kier alpha value is -2.51. The molecule has 17 unspecified atom stereocenters. The lowest BCUT2D eigenvalue weighted by atomic mass is 9.96. The van der Waals surface area contributed by atoms with Gasteiger partial charge >= 0.3 is 0 Å². The molecule has 3 fully saturated rings. The second kappa shape index (κ2) is 44.0. The normalized spacial score (nSPS) is 30.4. The summed E-state index contributed by atoms with van der Waals surface area (Å²) in [5.74, 6) is -0.301. The van der Waals surface area contributed by atoms with Crippen LogP contribution in [0.5, 0.6) is 0 Å². The van der Waals surface area contributed by atoms with E-state index in [0.29, 0.717) is 25.7 Å². The molecule has 3 rings (SSSR count). The third kappa shape index (κ3) is 27.5. The van der Waals surface area contributed by atoms with Crippen molar-refractivity contribution in [3.63, 3.8) is 0 Å². The molecule has 0 bridgehead atoms. The molecular formula is C61H107NO18. The Kier molecular flexibility index (Phi) is 39.5. The largest absolute Gasteiger partial charge is 0.394 e. The van der Waals surface area contributed by atoms with Crippen molar-refractivity contribution in [2.24, 2.45) is 0 Å². The number of allylic oxidation sites excluding steroid dienone is 10. The first-order valence-electron chi connectivity index (χ1n) is 30.5. The molecule has 0 aromatic carbocycles. The van der Waals surface area contributed by atoms with Gasteiger partial charge in [-0.25, -0.2) is 0 Å². The predicted molar refractivity (Wildman–Crippen MR) is 305 cm³/mol. The summed E-state index contributed by atoms with van der Waals surface area (Å²) in [6.07, 6.45) is 23.1. The van der Waals surface area contributed by atoms with Crippen LogP contribution in [-0.4, -0.2) is 193 Å². The van der Waals surface area contributed by atoms with Gasteiger partial charge < -0.3 is 89.9 Å². The van der Waals surface area contributed by atoms with Crippen LogP contribution in [0, 0.1) is 0 Å². The topological polar surface area (TPSA) is 307 Å². The number of nitrogens with one attached hydrogen (secondary N) is 1. The van der Waals surface area contributed by atoms with Crippen molar-refractivity contribution in [1.29, 1.82) is 0 Å². The summed E-state index contributed by atoms with van der Waals surface area (Å²) in [5, 5.41) is 120. The Morgan fingerprint density at radius 3 is 1.30 bits per heavy atom. The number of hydrogen-bond acceptors (Lipinski definition) is 18. The molecule has 80 heavy (non-hydrogen) atoms. The van der Waals surface area contributed by atoms with E-state index in [1.807, 2.05) is 6.08 Å². The van der Waals surface area contributed by atoms with E-state index in [0.717, 1.165) is 51.4 Å². The van der Waals surface area contributed by atoms with E-state index in [-0.39, 0.29) is 18.9 Å². The maximum Gasteiger partial charge on any atom is 0.220 e. The van der Waals surface area contributed by atoms with Crippen LogP contribution in [0.3, 0.4) is 0 Å². The molecule has 0 spiro atoms. The number of ether oxygens (including phenoxy) is 6. The van der Waals surface area contributed by atoms with Crippen LogP contribution in [0.25, 0.3) is 0 Å². The molecule has 0 aromatic heterocycles. The predicted octanol–water partition coefficient (Wildman–Crippen LogP) is 5.65. The minimum Gasteiger partial charge on any atom is -0.394 e. The van der Waals surface area contributed by atoms with Gasteiger partial charge in [0, 0.05) is 6.42 Å². The van der Waals surface area contributed by atoms with Gasteiger partial charge in [0.05, 0.1) is 38.6 Å². The third-order valence-corrected chi connectivity index (χ3v) is 15.1. The highest BCUT2D eigenvalue weighted by Crippen LogP contribution is 2.33. The monoisotopic (exact) mass is 1140 g/mol. The highest BCUT2D eigenvalue weighted by Gasteiger charge is 2.53. The van der Waals surface area contributed by atoms with E-state index in [9.17, 15) is 61.0 Å². The average Bonchev–Trinajstić information content (AvgIpc) is 3.50. The van der Waals surface area contributed by atoms with Crippen LogP contribution in [0.4, 0.5) is 0 Å². The van der Waals surface area contributed by atoms with Crippen LogP contribution in [0.2, 0.25) is 0 Å². The van der Waals surface area contributed by atoms with Gasteiger partial charge in [-0.1, -0.05) is 190 Å². The summed E-state index contributed by atoms with van der Waals surface area (Å²) in [6.45, 7) is 1.62. The summed E-state index contributed by atoms with van der Waals surface area (Å²) in [6, 6.07) is -0.919. The fourth-order valence-corrected chi connectivity index (χ4v) is 10.1. The number of hydrogen-bond donors (Lipinski definition) is 12. The zero-order chi connectivity index (χ0) is 58.3. The Morgan fingerprint density at radius 2 is 0.850 bits per heavy atom. The first kappa shape index (κ1) is 71.8. The number of rotatable bonds is 44. The SMILES string of the molecule is CC/C=C\C/C=C\C/C=C\C/C=C\C/C=C\CCCC(=O)NC(COC1OC(CO)C(OC2OC(CO)C(OC3OC(CO)C(O)C(O)C3O)C(O)C2O)C(O)C1O)C(O)CCCCCCCCCCCCCCCCCCCC. The van der Waals surface area contributed by atoms with E-state index in [4.69, 9.17) is 28.4 Å². The van der Waals surface area contributed by atoms with Gasteiger partial charge in [-0.2, -0.15) is 0 Å². The first-order chi connectivity index (χ1) is 38.8. The van der Waals surface area contributed by atoms with Crippen molar-refractivity contribution in [3.8, 4) is 0 Å². The van der Waals surface area contributed by atoms with E-state index in [1.165, 1.54) is 89.9 Å². The second-order valence-electron chi connectivity index (χ2n) is 21.8. The van der Waals surface area contributed by atoms with Crippen LogP contribution < -0.4 is 5.32 Å². The first-order valence-corrected chi connectivity index (χ1v) is 30.5. The molecule has 464 valence electrons. The number of carbonyl (C=O) groups excluding carboxylic acids is 1. The van der Waals surface area contributed by atoms with Crippen LogP contribution in [0.1, 0.15) is 187 Å². The minimum absolute atomic E-state index is 0.186. The van der Waals surface area contributed by atoms with Crippen molar-refractivity contribution >= 4 is 5.91 Å². The molecule has 19 nitrogen and oxygen atoms in total. The van der Waals surface area contributed by atoms with Crippen molar-refractivity contribution in [3.05, 3.63) is 60.8 Å². The standard InChI is InChI=1S/C61H107NO18/c1-3-5-7-9-11-13-15-17-19-21-23-24-26-28-30-32-34-36-38-45(66)44(62-49(67)39-37-35-33-31-29-27-25-22-20-18-16-14-12-10-8-6-4-2)43-75-59-55(73)52(70)57(47(41-64)77-59)80-61-56(74)53(71)58(48(42-65)78-61)79-60-54(72)51(69)50(68)46(40-63)76-60/h6,8,12,14,18,20,25,27,31,33,44-48,50-61,63-66,68-74H,3-5,7,9-11,13,15-17,19,21-24,26,28-30,32,34-43H2,1-2H3,(H,62,67)/b8-6-,14-12-,20-18-,27-25-,33-31-. The van der Waals surface area contributed by atoms with Gasteiger partial charge in [-0.05, 0) is 51.4 Å². The molecule has 3 aliphatic rings. The van der Waals surface area contributed by atoms with Gasteiger partial charge in [0.1, 0.15) is 73.2 Å². The van der Waals surface area contributed by atoms with Crippen molar-refractivity contribution in [1.82, 2.24) is 5.32 Å². The number of carbonyl (C=O) groups is 1. The highest BCUT2D eigenvalue weighted by molar-refractivity contribution is 5.76. The molecule has 1 amide bonds. The molecule has 0 aromatic rings. The maximum absolute atomic E-state index is 13.3. The highest BCUT2D eigenvalue weighted by atomic mass is 16.8. The van der Waals surface area contributed by atoms with Gasteiger partial charge in [0.15, 0.2) is 18.9 Å². The van der Waals surface area contributed by atoms with Crippen molar-refractivity contribution in [2.45, 2.75) is 291 Å². The summed E-state index contributed by atoms with van der Waals surface area (Å²) in [5.41, 5.74) is 0. The molecule has 0 radical (unpaired) electrons.